The summed E-state index contributed by atoms with van der Waals surface area (Å²) in [6, 6.07) is 11.2. The highest BCUT2D eigenvalue weighted by atomic mass is 16.5. The van der Waals surface area contributed by atoms with Gasteiger partial charge < -0.3 is 19.4 Å². The number of amides is 1. The highest BCUT2D eigenvalue weighted by Gasteiger charge is 2.14. The molecular formula is C17H20N2O4. The molecule has 2 rings (SSSR count). The average molecular weight is 316 g/mol. The lowest BCUT2D eigenvalue weighted by Gasteiger charge is -2.04. The maximum absolute atomic E-state index is 11.9. The number of esters is 1. The molecule has 0 saturated carbocycles. The number of nitrogens with zero attached hydrogens (tertiary/aromatic N) is 1. The number of hydrogen-bond donors (Lipinski definition) is 1. The Morgan fingerprint density at radius 3 is 2.65 bits per heavy atom. The summed E-state index contributed by atoms with van der Waals surface area (Å²) in [5.41, 5.74) is 1.92. The first kappa shape index (κ1) is 16.8. The Kier molecular flexibility index (Phi) is 5.94. The molecule has 0 aliphatic carbocycles. The van der Waals surface area contributed by atoms with E-state index in [4.69, 9.17) is 9.47 Å². The van der Waals surface area contributed by atoms with Crippen molar-refractivity contribution < 1.29 is 19.1 Å². The van der Waals surface area contributed by atoms with Gasteiger partial charge in [-0.05, 0) is 18.6 Å². The minimum Gasteiger partial charge on any atom is -0.461 e. The Bertz CT molecular complexity index is 664. The predicted octanol–water partition coefficient (Wildman–Crippen LogP) is 2.36. The minimum absolute atomic E-state index is 0.0570. The van der Waals surface area contributed by atoms with Crippen molar-refractivity contribution in [2.45, 2.75) is 13.5 Å². The molecule has 0 atom stereocenters. The van der Waals surface area contributed by atoms with Crippen molar-refractivity contribution >= 4 is 17.6 Å². The van der Waals surface area contributed by atoms with Crippen molar-refractivity contribution in [3.05, 3.63) is 53.9 Å². The summed E-state index contributed by atoms with van der Waals surface area (Å²) in [5, 5.41) is 2.69. The Morgan fingerprint density at radius 2 is 1.96 bits per heavy atom. The van der Waals surface area contributed by atoms with Crippen LogP contribution in [-0.2, 0) is 27.9 Å². The molecule has 0 fully saturated rings. The number of rotatable bonds is 7. The molecule has 1 aromatic carbocycles. The Balaban J connectivity index is 1.83. The van der Waals surface area contributed by atoms with E-state index in [0.717, 1.165) is 5.56 Å². The van der Waals surface area contributed by atoms with Gasteiger partial charge in [-0.15, -0.1) is 0 Å². The van der Waals surface area contributed by atoms with Crippen LogP contribution in [0.4, 0.5) is 5.69 Å². The Labute approximate surface area is 135 Å². The van der Waals surface area contributed by atoms with E-state index in [9.17, 15) is 9.59 Å². The molecule has 2 aromatic rings. The van der Waals surface area contributed by atoms with Gasteiger partial charge in [0.15, 0.2) is 0 Å². The van der Waals surface area contributed by atoms with E-state index in [1.165, 1.54) is 0 Å². The first-order valence-electron chi connectivity index (χ1n) is 7.35. The molecule has 1 amide bonds. The van der Waals surface area contributed by atoms with Crippen LogP contribution in [0.1, 0.15) is 23.0 Å². The van der Waals surface area contributed by atoms with Gasteiger partial charge in [0.05, 0.1) is 18.9 Å². The average Bonchev–Trinajstić information content (AvgIpc) is 2.89. The number of carbonyl (C=O) groups excluding carboxylic acids is 2. The van der Waals surface area contributed by atoms with Gasteiger partial charge in [-0.2, -0.15) is 0 Å². The molecule has 1 heterocycles. The van der Waals surface area contributed by atoms with Crippen LogP contribution in [0.3, 0.4) is 0 Å². The van der Waals surface area contributed by atoms with E-state index in [2.05, 4.69) is 5.32 Å². The van der Waals surface area contributed by atoms with Crippen molar-refractivity contribution in [2.24, 2.45) is 7.05 Å². The molecule has 0 bridgehead atoms. The van der Waals surface area contributed by atoms with Crippen LogP contribution in [-0.4, -0.2) is 29.7 Å². The molecule has 23 heavy (non-hydrogen) atoms. The quantitative estimate of drug-likeness (QED) is 0.796. The van der Waals surface area contributed by atoms with Gasteiger partial charge in [-0.25, -0.2) is 4.79 Å². The first-order chi connectivity index (χ1) is 11.1. The van der Waals surface area contributed by atoms with Crippen LogP contribution in [0.15, 0.2) is 42.6 Å². The maximum atomic E-state index is 11.9. The zero-order chi connectivity index (χ0) is 16.7. The third kappa shape index (κ3) is 4.96. The molecular weight excluding hydrogens is 296 g/mol. The number of nitrogens with one attached hydrogen (secondary N) is 1. The number of anilines is 1. The van der Waals surface area contributed by atoms with Crippen molar-refractivity contribution in [1.82, 2.24) is 4.57 Å². The number of benzene rings is 1. The van der Waals surface area contributed by atoms with Gasteiger partial charge in [0.2, 0.25) is 5.91 Å². The maximum Gasteiger partial charge on any atom is 0.355 e. The van der Waals surface area contributed by atoms with Gasteiger partial charge in [0, 0.05) is 13.2 Å². The molecule has 0 saturated heterocycles. The summed E-state index contributed by atoms with van der Waals surface area (Å²) in [7, 11) is 1.72. The fraction of sp³-hybridized carbons (Fsp3) is 0.294. The number of carbonyl (C=O) groups is 2. The van der Waals surface area contributed by atoms with Crippen LogP contribution < -0.4 is 5.32 Å². The van der Waals surface area contributed by atoms with Crippen molar-refractivity contribution in [1.29, 1.82) is 0 Å². The molecule has 6 heteroatoms. The van der Waals surface area contributed by atoms with Crippen LogP contribution in [0.5, 0.6) is 0 Å². The Hall–Kier alpha value is -2.60. The Morgan fingerprint density at radius 1 is 1.22 bits per heavy atom. The van der Waals surface area contributed by atoms with E-state index >= 15 is 0 Å². The number of hydrogen-bond acceptors (Lipinski definition) is 4. The number of aryl methyl sites for hydroxylation is 1. The second-order valence-corrected chi connectivity index (χ2v) is 4.97. The number of aromatic nitrogens is 1. The van der Waals surface area contributed by atoms with Crippen molar-refractivity contribution in [2.75, 3.05) is 18.5 Å². The van der Waals surface area contributed by atoms with Gasteiger partial charge in [0.1, 0.15) is 12.3 Å². The smallest absolute Gasteiger partial charge is 0.355 e. The van der Waals surface area contributed by atoms with Gasteiger partial charge in [-0.1, -0.05) is 30.3 Å². The summed E-state index contributed by atoms with van der Waals surface area (Å²) in [6.07, 6.45) is 1.65. The molecule has 0 radical (unpaired) electrons. The van der Waals surface area contributed by atoms with E-state index in [1.807, 2.05) is 30.3 Å². The zero-order valence-corrected chi connectivity index (χ0v) is 13.2. The summed E-state index contributed by atoms with van der Waals surface area (Å²) in [6.45, 7) is 2.36. The fourth-order valence-corrected chi connectivity index (χ4v) is 2.07. The number of ether oxygens (including phenoxy) is 2. The molecule has 0 aliphatic heterocycles. The lowest BCUT2D eigenvalue weighted by Crippen LogP contribution is -2.17. The van der Waals surface area contributed by atoms with Gasteiger partial charge in [-0.3, -0.25) is 4.79 Å². The van der Waals surface area contributed by atoms with Crippen molar-refractivity contribution in [3.8, 4) is 0 Å². The third-order valence-electron chi connectivity index (χ3n) is 3.12. The minimum atomic E-state index is -0.421. The van der Waals surface area contributed by atoms with Crippen LogP contribution in [0, 0.1) is 0 Å². The van der Waals surface area contributed by atoms with Gasteiger partial charge in [0.25, 0.3) is 0 Å². The standard InChI is InChI=1S/C17H20N2O4/c1-3-23-17(21)15-9-14(10-19(15)2)18-16(20)12-22-11-13-7-5-4-6-8-13/h4-10H,3,11-12H2,1-2H3,(H,18,20). The predicted molar refractivity (Wildman–Crippen MR) is 86.1 cm³/mol. The lowest BCUT2D eigenvalue weighted by atomic mass is 10.2. The van der Waals surface area contributed by atoms with E-state index in [1.54, 1.807) is 30.8 Å². The summed E-state index contributed by atoms with van der Waals surface area (Å²) >= 11 is 0. The largest absolute Gasteiger partial charge is 0.461 e. The van der Waals surface area contributed by atoms with E-state index in [0.29, 0.717) is 24.6 Å². The zero-order valence-electron chi connectivity index (χ0n) is 13.2. The molecule has 0 aliphatic rings. The topological polar surface area (TPSA) is 69.6 Å². The van der Waals surface area contributed by atoms with E-state index < -0.39 is 5.97 Å². The van der Waals surface area contributed by atoms with Crippen LogP contribution >= 0.6 is 0 Å². The summed E-state index contributed by atoms with van der Waals surface area (Å²) < 4.78 is 11.9. The highest BCUT2D eigenvalue weighted by Crippen LogP contribution is 2.14. The third-order valence-corrected chi connectivity index (χ3v) is 3.12. The highest BCUT2D eigenvalue weighted by molar-refractivity contribution is 5.94. The van der Waals surface area contributed by atoms with Gasteiger partial charge >= 0.3 is 5.97 Å². The second-order valence-electron chi connectivity index (χ2n) is 4.97. The van der Waals surface area contributed by atoms with Crippen LogP contribution in [0.2, 0.25) is 0 Å². The fourth-order valence-electron chi connectivity index (χ4n) is 2.07. The van der Waals surface area contributed by atoms with Crippen molar-refractivity contribution in [3.63, 3.8) is 0 Å². The monoisotopic (exact) mass is 316 g/mol. The second kappa shape index (κ2) is 8.14. The first-order valence-corrected chi connectivity index (χ1v) is 7.35. The SMILES string of the molecule is CCOC(=O)c1cc(NC(=O)COCc2ccccc2)cn1C. The molecule has 122 valence electrons. The normalized spacial score (nSPS) is 10.3. The van der Waals surface area contributed by atoms with E-state index in [-0.39, 0.29) is 12.5 Å². The molecule has 1 N–H and O–H groups in total. The summed E-state index contributed by atoms with van der Waals surface area (Å²) in [5.74, 6) is -0.697. The molecule has 6 nitrogen and oxygen atoms in total. The molecule has 0 spiro atoms. The lowest BCUT2D eigenvalue weighted by molar-refractivity contribution is -0.121. The molecule has 1 aromatic heterocycles. The summed E-state index contributed by atoms with van der Waals surface area (Å²) in [4.78, 5) is 23.6. The van der Waals surface area contributed by atoms with Crippen LogP contribution in [0.25, 0.3) is 0 Å². The molecule has 0 unspecified atom stereocenters.